The van der Waals surface area contributed by atoms with E-state index < -0.39 is 0 Å². The number of rotatable bonds is 6. The Morgan fingerprint density at radius 2 is 1.48 bits per heavy atom. The van der Waals surface area contributed by atoms with Crippen LogP contribution in [0.2, 0.25) is 0 Å². The van der Waals surface area contributed by atoms with Gasteiger partial charge in [0.05, 0.1) is 25.2 Å². The predicted molar refractivity (Wildman–Crippen MR) is 174 cm³/mol. The Hall–Kier alpha value is -4.19. The van der Waals surface area contributed by atoms with Crippen molar-refractivity contribution in [3.8, 4) is 11.5 Å². The van der Waals surface area contributed by atoms with Crippen molar-refractivity contribution in [2.45, 2.75) is 66.2 Å². The topological polar surface area (TPSA) is 74.4 Å². The van der Waals surface area contributed by atoms with Crippen LogP contribution in [0.5, 0.6) is 11.5 Å². The van der Waals surface area contributed by atoms with Gasteiger partial charge in [-0.1, -0.05) is 76.2 Å². The Labute approximate surface area is 251 Å². The maximum absolute atomic E-state index is 12.6. The molecule has 1 saturated carbocycles. The first-order valence-corrected chi connectivity index (χ1v) is 14.4. The van der Waals surface area contributed by atoms with Gasteiger partial charge in [-0.2, -0.15) is 0 Å². The number of pyridine rings is 1. The molecular formula is C36H47FN2O3. The zero-order chi connectivity index (χ0) is 31.7. The number of methoxy groups -OCH3 is 2. The maximum atomic E-state index is 12.6. The number of hydrogen-bond acceptors (Lipinski definition) is 5. The molecule has 0 unspecified atom stereocenters. The number of carbonyl (C=O) groups excluding carboxylic acids is 1. The zero-order valence-electron chi connectivity index (χ0n) is 26.5. The van der Waals surface area contributed by atoms with Crippen LogP contribution >= 0.6 is 0 Å². The Bertz CT molecular complexity index is 1380. The largest absolute Gasteiger partial charge is 0.493 e. The summed E-state index contributed by atoms with van der Waals surface area (Å²) < 4.78 is 23.4. The Morgan fingerprint density at radius 3 is 1.95 bits per heavy atom. The van der Waals surface area contributed by atoms with E-state index in [1.54, 1.807) is 33.3 Å². The normalized spacial score (nSPS) is 11.8. The van der Waals surface area contributed by atoms with Crippen LogP contribution in [-0.2, 0) is 16.6 Å². The van der Waals surface area contributed by atoms with Gasteiger partial charge in [0.1, 0.15) is 11.6 Å². The molecule has 0 saturated heterocycles. The second-order valence-corrected chi connectivity index (χ2v) is 9.24. The minimum absolute atomic E-state index is 0.194. The third-order valence-electron chi connectivity index (χ3n) is 6.67. The second kappa shape index (κ2) is 18.3. The highest BCUT2D eigenvalue weighted by atomic mass is 19.1. The van der Waals surface area contributed by atoms with E-state index in [1.165, 1.54) is 35.0 Å². The first-order valence-electron chi connectivity index (χ1n) is 14.4. The predicted octanol–water partition coefficient (Wildman–Crippen LogP) is 8.74. The van der Waals surface area contributed by atoms with Gasteiger partial charge in [0.25, 0.3) is 0 Å². The number of carbonyl (C=O) groups is 1. The Kier molecular flexibility index (Phi) is 15.6. The fourth-order valence-corrected chi connectivity index (χ4v) is 4.35. The lowest BCUT2D eigenvalue weighted by molar-refractivity contribution is -0.119. The quantitative estimate of drug-likeness (QED) is 0.249. The van der Waals surface area contributed by atoms with Crippen LogP contribution in [0, 0.1) is 12.7 Å². The molecule has 5 nitrogen and oxygen atoms in total. The molecule has 0 radical (unpaired) electrons. The molecule has 0 aliphatic heterocycles. The molecule has 5 rings (SSSR count). The molecule has 0 bridgehead atoms. The molecular weight excluding hydrogens is 527 g/mol. The molecule has 6 heteroatoms. The van der Waals surface area contributed by atoms with Crippen LogP contribution < -0.4 is 15.2 Å². The minimum Gasteiger partial charge on any atom is -0.493 e. The highest BCUT2D eigenvalue weighted by Gasteiger charge is 2.48. The number of ketones is 1. The number of ether oxygens (including phenoxy) is 2. The first-order chi connectivity index (χ1) is 20.3. The summed E-state index contributed by atoms with van der Waals surface area (Å²) in [5, 5.41) is 1.10. The number of aryl methyl sites for hydroxylation is 1. The van der Waals surface area contributed by atoms with Gasteiger partial charge in [-0.3, -0.25) is 9.78 Å². The summed E-state index contributed by atoms with van der Waals surface area (Å²) >= 11 is 0. The van der Waals surface area contributed by atoms with E-state index in [2.05, 4.69) is 54.6 Å². The standard InChI is InChI=1S/C19H19NO2.C11H11FO.C2H5N.2C2H6/c1-13-4-6-14(7-5-13)10-15-8-9-20-17-12-19(22-3)18(21-2)11-16(15)17;1-8(13)11(6-7-11)9-2-4-10(12)5-3-9;1-2-3;2*1-2/h4-9,11-12H,10H2,1-3H3;2-5H,6-7H2,1H3;2H,1,3H2;2*1-2H3. The van der Waals surface area contributed by atoms with Crippen LogP contribution in [-0.4, -0.2) is 25.0 Å². The van der Waals surface area contributed by atoms with Crippen LogP contribution in [0.3, 0.4) is 0 Å². The van der Waals surface area contributed by atoms with E-state index in [-0.39, 0.29) is 17.0 Å². The van der Waals surface area contributed by atoms with Gasteiger partial charge >= 0.3 is 0 Å². The SMILES string of the molecule is C=CN.CC.CC.CC(=O)C1(c2ccc(F)cc2)CC1.COc1cc2nccc(Cc3ccc(C)cc3)c2cc1OC. The zero-order valence-corrected chi connectivity index (χ0v) is 26.5. The van der Waals surface area contributed by atoms with Crippen molar-refractivity contribution < 1.29 is 18.7 Å². The van der Waals surface area contributed by atoms with Gasteiger partial charge in [0.2, 0.25) is 0 Å². The minimum atomic E-state index is -0.270. The Balaban J connectivity index is 0.000000375. The number of aromatic nitrogens is 1. The lowest BCUT2D eigenvalue weighted by atomic mass is 9.92. The van der Waals surface area contributed by atoms with E-state index in [0.717, 1.165) is 41.5 Å². The molecule has 1 heterocycles. The van der Waals surface area contributed by atoms with Gasteiger partial charge < -0.3 is 15.2 Å². The molecule has 0 atom stereocenters. The number of benzene rings is 3. The molecule has 1 aliphatic rings. The van der Waals surface area contributed by atoms with Crippen molar-refractivity contribution in [2.24, 2.45) is 5.73 Å². The number of halogens is 1. The molecule has 1 aromatic heterocycles. The fourth-order valence-electron chi connectivity index (χ4n) is 4.35. The van der Waals surface area contributed by atoms with Crippen molar-refractivity contribution in [1.82, 2.24) is 4.98 Å². The van der Waals surface area contributed by atoms with Crippen molar-refractivity contribution in [2.75, 3.05) is 14.2 Å². The molecule has 0 spiro atoms. The van der Waals surface area contributed by atoms with Gasteiger partial charge in [-0.15, -0.1) is 0 Å². The van der Waals surface area contributed by atoms with Crippen molar-refractivity contribution >= 4 is 16.7 Å². The molecule has 226 valence electrons. The Morgan fingerprint density at radius 1 is 0.952 bits per heavy atom. The highest BCUT2D eigenvalue weighted by molar-refractivity contribution is 5.91. The highest BCUT2D eigenvalue weighted by Crippen LogP contribution is 2.48. The van der Waals surface area contributed by atoms with Gasteiger partial charge in [-0.05, 0) is 80.3 Å². The van der Waals surface area contributed by atoms with Gasteiger partial charge in [0, 0.05) is 17.6 Å². The molecule has 42 heavy (non-hydrogen) atoms. The molecule has 1 aliphatic carbocycles. The summed E-state index contributed by atoms with van der Waals surface area (Å²) in [6, 6.07) is 20.9. The summed E-state index contributed by atoms with van der Waals surface area (Å²) in [5.41, 5.74) is 10.0. The number of Topliss-reactive ketones (excluding diaryl/α,β-unsaturated/α-hetero) is 1. The summed E-state index contributed by atoms with van der Waals surface area (Å²) in [6.45, 7) is 14.8. The van der Waals surface area contributed by atoms with Crippen LogP contribution in [0.1, 0.15) is 69.7 Å². The summed E-state index contributed by atoms with van der Waals surface area (Å²) in [6.07, 6.45) is 5.79. The molecule has 3 aromatic carbocycles. The third-order valence-corrected chi connectivity index (χ3v) is 6.67. The molecule has 4 aromatic rings. The number of hydrogen-bond donors (Lipinski definition) is 1. The average Bonchev–Trinajstić information content (AvgIpc) is 3.83. The lowest BCUT2D eigenvalue weighted by Gasteiger charge is -2.11. The van der Waals surface area contributed by atoms with Gasteiger partial charge in [-0.25, -0.2) is 4.39 Å². The van der Waals surface area contributed by atoms with E-state index in [4.69, 9.17) is 9.47 Å². The lowest BCUT2D eigenvalue weighted by Crippen LogP contribution is -2.16. The molecule has 1 fully saturated rings. The van der Waals surface area contributed by atoms with Crippen LogP contribution in [0.4, 0.5) is 4.39 Å². The molecule has 0 amide bonds. The molecule has 2 N–H and O–H groups in total. The van der Waals surface area contributed by atoms with Crippen LogP contribution in [0.15, 0.2) is 85.7 Å². The summed E-state index contributed by atoms with van der Waals surface area (Å²) in [4.78, 5) is 15.8. The van der Waals surface area contributed by atoms with Crippen molar-refractivity contribution in [1.29, 1.82) is 0 Å². The number of fused-ring (bicyclic) bond motifs is 1. The fraction of sp³-hybridized carbons (Fsp3) is 0.333. The first kappa shape index (κ1) is 35.8. The van der Waals surface area contributed by atoms with E-state index in [1.807, 2.05) is 46.0 Å². The third kappa shape index (κ3) is 9.72. The van der Waals surface area contributed by atoms with Crippen molar-refractivity contribution in [3.05, 3.63) is 114 Å². The maximum Gasteiger partial charge on any atom is 0.162 e. The second-order valence-electron chi connectivity index (χ2n) is 9.24. The van der Waals surface area contributed by atoms with E-state index in [0.29, 0.717) is 5.75 Å². The number of nitrogens with zero attached hydrogens (tertiary/aromatic N) is 1. The van der Waals surface area contributed by atoms with E-state index in [9.17, 15) is 9.18 Å². The number of nitrogens with two attached hydrogens (primary N) is 1. The monoisotopic (exact) mass is 574 g/mol. The smallest absolute Gasteiger partial charge is 0.162 e. The van der Waals surface area contributed by atoms with Crippen molar-refractivity contribution in [3.63, 3.8) is 0 Å². The summed E-state index contributed by atoms with van der Waals surface area (Å²) in [7, 11) is 3.29. The van der Waals surface area contributed by atoms with Gasteiger partial charge in [0.15, 0.2) is 11.5 Å². The average molecular weight is 575 g/mol. The van der Waals surface area contributed by atoms with E-state index >= 15 is 0 Å². The van der Waals surface area contributed by atoms with Crippen LogP contribution in [0.25, 0.3) is 10.9 Å². The summed E-state index contributed by atoms with van der Waals surface area (Å²) in [5.74, 6) is 1.38.